The minimum absolute atomic E-state index is 0. The number of benzene rings is 2. The topological polar surface area (TPSA) is 26.3 Å². The SMILES string of the molecule is COc1cccc(Cl)c1C(=O)Pc1c(C)cccc1C.[Li+]. The number of rotatable bonds is 4. The maximum Gasteiger partial charge on any atom is 1.00 e. The van der Waals surface area contributed by atoms with Crippen LogP contribution in [0.1, 0.15) is 21.5 Å². The molecule has 0 fully saturated rings. The summed E-state index contributed by atoms with van der Waals surface area (Å²) in [6.07, 6.45) is 0. The third kappa shape index (κ3) is 4.12. The zero-order chi connectivity index (χ0) is 14.7. The van der Waals surface area contributed by atoms with E-state index in [0.29, 0.717) is 16.3 Å². The van der Waals surface area contributed by atoms with Crippen LogP contribution in [0.5, 0.6) is 5.75 Å². The van der Waals surface area contributed by atoms with Gasteiger partial charge in [0.15, 0.2) is 5.52 Å². The van der Waals surface area contributed by atoms with E-state index in [1.165, 1.54) is 0 Å². The third-order valence-electron chi connectivity index (χ3n) is 3.14. The van der Waals surface area contributed by atoms with Gasteiger partial charge in [-0.15, -0.1) is 0 Å². The van der Waals surface area contributed by atoms with E-state index in [0.717, 1.165) is 16.4 Å². The Morgan fingerprint density at radius 1 is 1.10 bits per heavy atom. The Morgan fingerprint density at radius 3 is 2.24 bits per heavy atom. The first-order valence-corrected chi connectivity index (χ1v) is 7.62. The molecule has 0 aliphatic heterocycles. The molecule has 2 nitrogen and oxygen atoms in total. The summed E-state index contributed by atoms with van der Waals surface area (Å²) in [5.74, 6) is 0.529. The van der Waals surface area contributed by atoms with E-state index < -0.39 is 0 Å². The normalized spacial score (nSPS) is 10.5. The van der Waals surface area contributed by atoms with Gasteiger partial charge in [0, 0.05) is 0 Å². The maximum absolute atomic E-state index is 12.6. The van der Waals surface area contributed by atoms with E-state index >= 15 is 0 Å². The minimum atomic E-state index is 0. The quantitative estimate of drug-likeness (QED) is 0.624. The van der Waals surface area contributed by atoms with Crippen LogP contribution in [0.25, 0.3) is 0 Å². The van der Waals surface area contributed by atoms with Crippen molar-refractivity contribution in [3.05, 3.63) is 58.1 Å². The summed E-state index contributed by atoms with van der Waals surface area (Å²) in [6, 6.07) is 11.3. The van der Waals surface area contributed by atoms with Crippen molar-refractivity contribution in [2.45, 2.75) is 13.8 Å². The first-order chi connectivity index (χ1) is 9.54. The van der Waals surface area contributed by atoms with Gasteiger partial charge in [0.1, 0.15) is 5.75 Å². The molecule has 1 unspecified atom stereocenters. The van der Waals surface area contributed by atoms with E-state index in [4.69, 9.17) is 16.3 Å². The summed E-state index contributed by atoms with van der Waals surface area (Å²) < 4.78 is 5.24. The smallest absolute Gasteiger partial charge is 0.496 e. The van der Waals surface area contributed by atoms with Gasteiger partial charge in [-0.2, -0.15) is 0 Å². The van der Waals surface area contributed by atoms with Crippen molar-refractivity contribution in [2.75, 3.05) is 7.11 Å². The number of hydrogen-bond donors (Lipinski definition) is 0. The van der Waals surface area contributed by atoms with Gasteiger partial charge in [-0.05, 0) is 51.0 Å². The molecule has 0 bridgehead atoms. The van der Waals surface area contributed by atoms with Crippen LogP contribution in [-0.4, -0.2) is 12.6 Å². The second-order valence-electron chi connectivity index (χ2n) is 4.54. The van der Waals surface area contributed by atoms with Crippen molar-refractivity contribution in [3.8, 4) is 5.75 Å². The molecular weight excluding hydrogens is 298 g/mol. The zero-order valence-corrected chi connectivity index (χ0v) is 14.4. The Hall–Kier alpha value is -0.773. The summed E-state index contributed by atoms with van der Waals surface area (Å²) in [7, 11) is 1.59. The van der Waals surface area contributed by atoms with Crippen LogP contribution in [0.4, 0.5) is 0 Å². The standard InChI is InChI=1S/C16H16ClO2P.Li/c1-10-6-4-7-11(2)15(10)20-16(18)14-12(17)8-5-9-13(14)19-3;/h4-9,20H,1-3H3;/q;+1. The van der Waals surface area contributed by atoms with Gasteiger partial charge in [-0.1, -0.05) is 35.9 Å². The average Bonchev–Trinajstić information content (AvgIpc) is 2.42. The van der Waals surface area contributed by atoms with Gasteiger partial charge in [0.25, 0.3) is 0 Å². The Kier molecular flexibility index (Phi) is 6.98. The molecule has 2 aromatic rings. The van der Waals surface area contributed by atoms with Crippen molar-refractivity contribution in [1.29, 1.82) is 0 Å². The fraction of sp³-hybridized carbons (Fsp3) is 0.188. The Morgan fingerprint density at radius 2 is 1.67 bits per heavy atom. The van der Waals surface area contributed by atoms with Gasteiger partial charge in [0.05, 0.1) is 17.7 Å². The summed E-state index contributed by atoms with van der Waals surface area (Å²) >= 11 is 6.15. The summed E-state index contributed by atoms with van der Waals surface area (Å²) in [6.45, 7) is 4.04. The molecule has 0 aromatic heterocycles. The molecule has 21 heavy (non-hydrogen) atoms. The maximum atomic E-state index is 12.6. The van der Waals surface area contributed by atoms with E-state index in [1.54, 1.807) is 25.3 Å². The van der Waals surface area contributed by atoms with Gasteiger partial charge >= 0.3 is 18.9 Å². The van der Waals surface area contributed by atoms with E-state index in [9.17, 15) is 4.79 Å². The van der Waals surface area contributed by atoms with E-state index in [1.807, 2.05) is 32.0 Å². The summed E-state index contributed by atoms with van der Waals surface area (Å²) in [5, 5.41) is 1.52. The van der Waals surface area contributed by atoms with E-state index in [2.05, 4.69) is 0 Å². The fourth-order valence-electron chi connectivity index (χ4n) is 2.08. The van der Waals surface area contributed by atoms with Crippen LogP contribution in [0.3, 0.4) is 0 Å². The van der Waals surface area contributed by atoms with Crippen LogP contribution < -0.4 is 28.9 Å². The van der Waals surface area contributed by atoms with Crippen LogP contribution >= 0.6 is 20.2 Å². The number of aryl methyl sites for hydroxylation is 2. The number of ether oxygens (including phenoxy) is 1. The predicted octanol–water partition coefficient (Wildman–Crippen LogP) is 1.11. The molecule has 0 spiro atoms. The van der Waals surface area contributed by atoms with Crippen molar-refractivity contribution < 1.29 is 28.4 Å². The summed E-state index contributed by atoms with van der Waals surface area (Å²) in [5.41, 5.74) is 2.73. The molecule has 2 aromatic carbocycles. The molecule has 1 atom stereocenters. The molecule has 104 valence electrons. The summed E-state index contributed by atoms with van der Waals surface area (Å²) in [4.78, 5) is 12.6. The second-order valence-corrected chi connectivity index (χ2v) is 6.15. The fourth-order valence-corrected chi connectivity index (χ4v) is 3.58. The number of methoxy groups -OCH3 is 1. The Balaban J connectivity index is 0.00000220. The largest absolute Gasteiger partial charge is 1.00 e. The first kappa shape index (κ1) is 18.3. The molecule has 0 radical (unpaired) electrons. The number of carbonyl (C=O) groups excluding carboxylic acids is 1. The Labute approximate surface area is 144 Å². The van der Waals surface area contributed by atoms with Crippen LogP contribution in [0.15, 0.2) is 36.4 Å². The number of hydrogen-bond acceptors (Lipinski definition) is 2. The molecule has 0 aliphatic rings. The van der Waals surface area contributed by atoms with Gasteiger partial charge < -0.3 is 4.74 Å². The van der Waals surface area contributed by atoms with Crippen molar-refractivity contribution >= 4 is 31.0 Å². The first-order valence-electron chi connectivity index (χ1n) is 6.24. The molecule has 0 aliphatic carbocycles. The molecule has 0 saturated carbocycles. The molecule has 0 amide bonds. The average molecular weight is 314 g/mol. The molecule has 0 heterocycles. The Bertz CT molecular complexity index is 638. The van der Waals surface area contributed by atoms with Crippen molar-refractivity contribution in [2.24, 2.45) is 0 Å². The van der Waals surface area contributed by atoms with Crippen LogP contribution in [0.2, 0.25) is 5.02 Å². The second kappa shape index (κ2) is 8.02. The zero-order valence-electron chi connectivity index (χ0n) is 12.7. The molecule has 0 saturated heterocycles. The van der Waals surface area contributed by atoms with E-state index in [-0.39, 0.29) is 33.0 Å². The van der Waals surface area contributed by atoms with Gasteiger partial charge in [0.2, 0.25) is 0 Å². The van der Waals surface area contributed by atoms with Gasteiger partial charge in [-0.25, -0.2) is 0 Å². The predicted molar refractivity (Wildman–Crippen MR) is 86.2 cm³/mol. The van der Waals surface area contributed by atoms with Gasteiger partial charge in [-0.3, -0.25) is 4.79 Å². The number of carbonyl (C=O) groups is 1. The van der Waals surface area contributed by atoms with Crippen LogP contribution in [0, 0.1) is 13.8 Å². The third-order valence-corrected chi connectivity index (χ3v) is 4.97. The van der Waals surface area contributed by atoms with Crippen molar-refractivity contribution in [1.82, 2.24) is 0 Å². The molecular formula is C16H16ClLiO2P+. The molecule has 5 heteroatoms. The molecule has 0 N–H and O–H groups in total. The number of halogens is 1. The van der Waals surface area contributed by atoms with Crippen LogP contribution in [-0.2, 0) is 0 Å². The monoisotopic (exact) mass is 313 g/mol. The minimum Gasteiger partial charge on any atom is -0.496 e. The molecule has 2 rings (SSSR count). The van der Waals surface area contributed by atoms with Crippen molar-refractivity contribution in [3.63, 3.8) is 0 Å².